The molecule has 0 amide bonds. The summed E-state index contributed by atoms with van der Waals surface area (Å²) < 4.78 is 0. The molecular weight excluding hydrogens is 298 g/mol. The average Bonchev–Trinajstić information content (AvgIpc) is 2.58. The molecule has 0 heterocycles. The van der Waals surface area contributed by atoms with Crippen LogP contribution < -0.4 is 0 Å². The molecule has 1 atom stereocenters. The molecule has 0 bridgehead atoms. The first kappa shape index (κ1) is 18.5. The Kier molecular flexibility index (Phi) is 6.00. The van der Waals surface area contributed by atoms with Gasteiger partial charge in [0.25, 0.3) is 0 Å². The summed E-state index contributed by atoms with van der Waals surface area (Å²) in [4.78, 5) is 14.8. The number of hydrogen-bond acceptors (Lipinski definition) is 2. The standard InChI is InChI=1S/C21H29NO2/c1-5-22(6-2)15-14-21(16(3)4,20(23)24)19-13-9-11-17-10-7-8-12-18(17)19/h7-13,16H,5-6,14-15H2,1-4H3,(H,23,24). The van der Waals surface area contributed by atoms with Gasteiger partial charge in [-0.3, -0.25) is 4.79 Å². The molecule has 2 aromatic carbocycles. The molecule has 1 N–H and O–H groups in total. The highest BCUT2D eigenvalue weighted by molar-refractivity contribution is 5.93. The minimum atomic E-state index is -0.872. The summed E-state index contributed by atoms with van der Waals surface area (Å²) in [7, 11) is 0. The van der Waals surface area contributed by atoms with Crippen LogP contribution in [0.4, 0.5) is 0 Å². The van der Waals surface area contributed by atoms with E-state index in [0.29, 0.717) is 6.42 Å². The van der Waals surface area contributed by atoms with Crippen LogP contribution in [0.15, 0.2) is 42.5 Å². The van der Waals surface area contributed by atoms with Gasteiger partial charge in [-0.2, -0.15) is 0 Å². The van der Waals surface area contributed by atoms with E-state index >= 15 is 0 Å². The van der Waals surface area contributed by atoms with Crippen LogP contribution in [0.25, 0.3) is 10.8 Å². The number of aliphatic carboxylic acids is 1. The summed E-state index contributed by atoms with van der Waals surface area (Å²) in [5.74, 6) is -0.711. The second kappa shape index (κ2) is 7.80. The third-order valence-electron chi connectivity index (χ3n) is 5.35. The number of fused-ring (bicyclic) bond motifs is 1. The Morgan fingerprint density at radius 1 is 1.08 bits per heavy atom. The van der Waals surface area contributed by atoms with E-state index in [0.717, 1.165) is 36.0 Å². The molecule has 2 rings (SSSR count). The van der Waals surface area contributed by atoms with Crippen molar-refractivity contribution < 1.29 is 9.90 Å². The molecule has 3 heteroatoms. The summed E-state index contributed by atoms with van der Waals surface area (Å²) in [5.41, 5.74) is 0.0685. The molecular formula is C21H29NO2. The predicted octanol–water partition coefficient (Wildman–Crippen LogP) is 4.55. The molecule has 0 spiro atoms. The maximum Gasteiger partial charge on any atom is 0.314 e. The predicted molar refractivity (Wildman–Crippen MR) is 101 cm³/mol. The number of hydrogen-bond donors (Lipinski definition) is 1. The maximum atomic E-state index is 12.5. The molecule has 0 aliphatic carbocycles. The van der Waals surface area contributed by atoms with Crippen molar-refractivity contribution in [3.63, 3.8) is 0 Å². The van der Waals surface area contributed by atoms with Gasteiger partial charge in [-0.1, -0.05) is 70.2 Å². The quantitative estimate of drug-likeness (QED) is 0.773. The molecule has 0 radical (unpaired) electrons. The van der Waals surface area contributed by atoms with Gasteiger partial charge >= 0.3 is 5.97 Å². The van der Waals surface area contributed by atoms with Gasteiger partial charge in [0, 0.05) is 0 Å². The molecule has 0 aliphatic rings. The van der Waals surface area contributed by atoms with Crippen LogP contribution in [0.5, 0.6) is 0 Å². The van der Waals surface area contributed by atoms with Crippen LogP contribution in [-0.4, -0.2) is 35.6 Å². The van der Waals surface area contributed by atoms with E-state index in [1.807, 2.05) is 44.2 Å². The summed E-state index contributed by atoms with van der Waals surface area (Å²) in [6, 6.07) is 14.1. The Bertz CT molecular complexity index is 686. The van der Waals surface area contributed by atoms with Gasteiger partial charge in [0.1, 0.15) is 0 Å². The lowest BCUT2D eigenvalue weighted by atomic mass is 9.68. The van der Waals surface area contributed by atoms with E-state index in [9.17, 15) is 9.90 Å². The summed E-state index contributed by atoms with van der Waals surface area (Å²) in [5, 5.41) is 12.4. The Labute approximate surface area is 145 Å². The minimum Gasteiger partial charge on any atom is -0.481 e. The van der Waals surface area contributed by atoms with E-state index in [4.69, 9.17) is 0 Å². The number of benzene rings is 2. The van der Waals surface area contributed by atoms with Gasteiger partial charge in [0.2, 0.25) is 0 Å². The molecule has 130 valence electrons. The smallest absolute Gasteiger partial charge is 0.314 e. The molecule has 2 aromatic rings. The molecule has 0 aliphatic heterocycles. The van der Waals surface area contributed by atoms with Gasteiger partial charge in [-0.25, -0.2) is 0 Å². The maximum absolute atomic E-state index is 12.5. The van der Waals surface area contributed by atoms with E-state index in [1.165, 1.54) is 0 Å². The molecule has 3 nitrogen and oxygen atoms in total. The SMILES string of the molecule is CCN(CC)CCC(C(=O)O)(c1cccc2ccccc12)C(C)C. The topological polar surface area (TPSA) is 40.5 Å². The Morgan fingerprint density at radius 3 is 2.29 bits per heavy atom. The van der Waals surface area contributed by atoms with Gasteiger partial charge in [-0.15, -0.1) is 0 Å². The van der Waals surface area contributed by atoms with Gasteiger partial charge in [0.15, 0.2) is 0 Å². The highest BCUT2D eigenvalue weighted by atomic mass is 16.4. The largest absolute Gasteiger partial charge is 0.481 e. The lowest BCUT2D eigenvalue weighted by molar-refractivity contribution is -0.146. The van der Waals surface area contributed by atoms with Crippen LogP contribution in [-0.2, 0) is 10.2 Å². The van der Waals surface area contributed by atoms with Gasteiger partial charge < -0.3 is 10.0 Å². The first-order valence-corrected chi connectivity index (χ1v) is 8.91. The van der Waals surface area contributed by atoms with Crippen molar-refractivity contribution in [1.29, 1.82) is 0 Å². The zero-order valence-corrected chi connectivity index (χ0v) is 15.2. The number of carboxylic acid groups (broad SMARTS) is 1. The van der Waals surface area contributed by atoms with E-state index in [-0.39, 0.29) is 5.92 Å². The monoisotopic (exact) mass is 327 g/mol. The second-order valence-corrected chi connectivity index (χ2v) is 6.73. The van der Waals surface area contributed by atoms with Crippen LogP contribution in [0.2, 0.25) is 0 Å². The van der Waals surface area contributed by atoms with E-state index < -0.39 is 11.4 Å². The first-order chi connectivity index (χ1) is 11.5. The number of carboxylic acids is 1. The number of nitrogens with zero attached hydrogens (tertiary/aromatic N) is 1. The number of rotatable bonds is 8. The van der Waals surface area contributed by atoms with Crippen molar-refractivity contribution in [3.8, 4) is 0 Å². The Hall–Kier alpha value is -1.87. The Morgan fingerprint density at radius 2 is 1.71 bits per heavy atom. The first-order valence-electron chi connectivity index (χ1n) is 8.91. The van der Waals surface area contributed by atoms with E-state index in [1.54, 1.807) is 0 Å². The lowest BCUT2D eigenvalue weighted by Gasteiger charge is -2.36. The fraction of sp³-hybridized carbons (Fsp3) is 0.476. The van der Waals surface area contributed by atoms with Crippen molar-refractivity contribution in [1.82, 2.24) is 4.90 Å². The highest BCUT2D eigenvalue weighted by Gasteiger charge is 2.44. The lowest BCUT2D eigenvalue weighted by Crippen LogP contribution is -2.44. The summed E-state index contributed by atoms with van der Waals surface area (Å²) >= 11 is 0. The zero-order valence-electron chi connectivity index (χ0n) is 15.2. The molecule has 0 saturated heterocycles. The fourth-order valence-corrected chi connectivity index (χ4v) is 3.69. The molecule has 0 aromatic heterocycles. The van der Waals surface area contributed by atoms with Crippen molar-refractivity contribution in [2.24, 2.45) is 5.92 Å². The van der Waals surface area contributed by atoms with Crippen molar-refractivity contribution >= 4 is 16.7 Å². The summed E-state index contributed by atoms with van der Waals surface area (Å²) in [6.45, 7) is 11.0. The third-order valence-corrected chi connectivity index (χ3v) is 5.35. The molecule has 0 fully saturated rings. The Balaban J connectivity index is 2.58. The van der Waals surface area contributed by atoms with Gasteiger partial charge in [0.05, 0.1) is 5.41 Å². The minimum absolute atomic E-state index is 0.0105. The van der Waals surface area contributed by atoms with Crippen molar-refractivity contribution in [2.45, 2.75) is 39.5 Å². The van der Waals surface area contributed by atoms with Crippen LogP contribution in [0.3, 0.4) is 0 Å². The summed E-state index contributed by atoms with van der Waals surface area (Å²) in [6.07, 6.45) is 0.621. The average molecular weight is 327 g/mol. The fourth-order valence-electron chi connectivity index (χ4n) is 3.69. The van der Waals surface area contributed by atoms with Crippen LogP contribution in [0, 0.1) is 5.92 Å². The third kappa shape index (κ3) is 3.32. The van der Waals surface area contributed by atoms with Crippen LogP contribution in [0.1, 0.15) is 39.7 Å². The molecule has 24 heavy (non-hydrogen) atoms. The molecule has 1 unspecified atom stereocenters. The highest BCUT2D eigenvalue weighted by Crippen LogP contribution is 2.40. The van der Waals surface area contributed by atoms with Crippen molar-refractivity contribution in [2.75, 3.05) is 19.6 Å². The van der Waals surface area contributed by atoms with Crippen molar-refractivity contribution in [3.05, 3.63) is 48.0 Å². The van der Waals surface area contributed by atoms with Crippen LogP contribution >= 0.6 is 0 Å². The second-order valence-electron chi connectivity index (χ2n) is 6.73. The normalized spacial score (nSPS) is 14.2. The number of carbonyl (C=O) groups is 1. The van der Waals surface area contributed by atoms with Gasteiger partial charge in [-0.05, 0) is 48.3 Å². The van der Waals surface area contributed by atoms with E-state index in [2.05, 4.69) is 30.9 Å². The molecule has 0 saturated carbocycles. The zero-order chi connectivity index (χ0) is 17.7.